The van der Waals surface area contributed by atoms with Crippen molar-refractivity contribution in [3.05, 3.63) is 48.0 Å². The first kappa shape index (κ1) is 14.5. The van der Waals surface area contributed by atoms with Crippen molar-refractivity contribution in [2.24, 2.45) is 0 Å². The Kier molecular flexibility index (Phi) is 4.06. The third kappa shape index (κ3) is 3.25. The van der Waals surface area contributed by atoms with Crippen molar-refractivity contribution in [1.82, 2.24) is 0 Å². The lowest BCUT2D eigenvalue weighted by atomic mass is 10.2. The Hall–Kier alpha value is -2.41. The van der Waals surface area contributed by atoms with Crippen LogP contribution in [0.15, 0.2) is 36.4 Å². The molecule has 0 fully saturated rings. The van der Waals surface area contributed by atoms with Crippen LogP contribution in [0.3, 0.4) is 0 Å². The van der Waals surface area contributed by atoms with Crippen LogP contribution in [-0.4, -0.2) is 18.3 Å². The van der Waals surface area contributed by atoms with Crippen LogP contribution in [0.25, 0.3) is 0 Å². The minimum absolute atomic E-state index is 0.252. The number of benzene rings is 2. The molecule has 0 aliphatic carbocycles. The zero-order valence-electron chi connectivity index (χ0n) is 11.4. The molecule has 3 rings (SSSR count). The fourth-order valence-electron chi connectivity index (χ4n) is 1.99. The number of hydrogen-bond donors (Lipinski definition) is 2. The maximum Gasteiger partial charge on any atom is 0.175 e. The van der Waals surface area contributed by atoms with E-state index in [1.54, 1.807) is 18.2 Å². The van der Waals surface area contributed by atoms with E-state index < -0.39 is 11.6 Å². The largest absolute Gasteiger partial charge is 0.486 e. The summed E-state index contributed by atoms with van der Waals surface area (Å²) in [6, 6.07) is 8.78. The van der Waals surface area contributed by atoms with Crippen LogP contribution in [0.5, 0.6) is 11.5 Å². The van der Waals surface area contributed by atoms with Crippen molar-refractivity contribution in [2.75, 3.05) is 23.8 Å². The molecule has 0 spiro atoms. The fraction of sp³-hybridized carbons (Fsp3) is 0.133. The van der Waals surface area contributed by atoms with E-state index in [1.165, 1.54) is 6.07 Å². The van der Waals surface area contributed by atoms with Gasteiger partial charge in [-0.1, -0.05) is 0 Å². The smallest absolute Gasteiger partial charge is 0.175 e. The molecule has 22 heavy (non-hydrogen) atoms. The highest BCUT2D eigenvalue weighted by Crippen LogP contribution is 2.32. The quantitative estimate of drug-likeness (QED) is 0.828. The Morgan fingerprint density at radius 3 is 2.23 bits per heavy atom. The molecule has 0 saturated carbocycles. The molecule has 0 amide bonds. The summed E-state index contributed by atoms with van der Waals surface area (Å²) in [4.78, 5) is 0. The maximum atomic E-state index is 13.1. The van der Waals surface area contributed by atoms with Crippen LogP contribution in [0.2, 0.25) is 0 Å². The zero-order chi connectivity index (χ0) is 15.5. The summed E-state index contributed by atoms with van der Waals surface area (Å²) in [6.45, 7) is 1.02. The summed E-state index contributed by atoms with van der Waals surface area (Å²) in [7, 11) is 0. The van der Waals surface area contributed by atoms with Crippen molar-refractivity contribution >= 4 is 28.7 Å². The summed E-state index contributed by atoms with van der Waals surface area (Å²) in [5.74, 6) is -0.536. The highest BCUT2D eigenvalue weighted by Gasteiger charge is 2.12. The second-order valence-electron chi connectivity index (χ2n) is 4.57. The summed E-state index contributed by atoms with van der Waals surface area (Å²) in [5.41, 5.74) is 1.05. The molecular formula is C15H12F2N2O2S. The second-order valence-corrected chi connectivity index (χ2v) is 4.97. The number of fused-ring (bicyclic) bond motifs is 1. The molecule has 7 heteroatoms. The van der Waals surface area contributed by atoms with Gasteiger partial charge in [0, 0.05) is 23.5 Å². The number of halogens is 2. The normalized spacial score (nSPS) is 12.6. The SMILES string of the molecule is Fc1ccc(NC(=S)Nc2ccc3c(c2)OCCO3)cc1F. The van der Waals surface area contributed by atoms with E-state index in [9.17, 15) is 8.78 Å². The molecule has 0 saturated heterocycles. The van der Waals surface area contributed by atoms with Crippen LogP contribution >= 0.6 is 12.2 Å². The van der Waals surface area contributed by atoms with Gasteiger partial charge in [-0.3, -0.25) is 0 Å². The van der Waals surface area contributed by atoms with Crippen LogP contribution in [0.4, 0.5) is 20.2 Å². The average molecular weight is 322 g/mol. The van der Waals surface area contributed by atoms with Gasteiger partial charge >= 0.3 is 0 Å². The average Bonchev–Trinajstić information content (AvgIpc) is 2.51. The van der Waals surface area contributed by atoms with Crippen LogP contribution in [0.1, 0.15) is 0 Å². The maximum absolute atomic E-state index is 13.1. The van der Waals surface area contributed by atoms with E-state index in [0.717, 1.165) is 12.1 Å². The Morgan fingerprint density at radius 2 is 1.50 bits per heavy atom. The van der Waals surface area contributed by atoms with Crippen molar-refractivity contribution in [3.8, 4) is 11.5 Å². The number of hydrogen-bond acceptors (Lipinski definition) is 3. The predicted molar refractivity (Wildman–Crippen MR) is 83.6 cm³/mol. The summed E-state index contributed by atoms with van der Waals surface area (Å²) >= 11 is 5.14. The van der Waals surface area contributed by atoms with Gasteiger partial charge in [0.05, 0.1) is 0 Å². The lowest BCUT2D eigenvalue weighted by Crippen LogP contribution is -2.20. The Balaban J connectivity index is 1.67. The van der Waals surface area contributed by atoms with E-state index in [-0.39, 0.29) is 5.11 Å². The molecule has 0 atom stereocenters. The lowest BCUT2D eigenvalue weighted by molar-refractivity contribution is 0.171. The zero-order valence-corrected chi connectivity index (χ0v) is 12.2. The molecule has 1 heterocycles. The molecule has 0 bridgehead atoms. The molecule has 114 valence electrons. The number of nitrogens with one attached hydrogen (secondary N) is 2. The van der Waals surface area contributed by atoms with Crippen LogP contribution in [0, 0.1) is 11.6 Å². The fourth-order valence-corrected chi connectivity index (χ4v) is 2.22. The minimum Gasteiger partial charge on any atom is -0.486 e. The Bertz CT molecular complexity index is 725. The van der Waals surface area contributed by atoms with Gasteiger partial charge in [-0.05, 0) is 36.5 Å². The van der Waals surface area contributed by atoms with Crippen molar-refractivity contribution in [1.29, 1.82) is 0 Å². The van der Waals surface area contributed by atoms with Gasteiger partial charge in [-0.25, -0.2) is 8.78 Å². The van der Waals surface area contributed by atoms with Gasteiger partial charge in [-0.15, -0.1) is 0 Å². The van der Waals surface area contributed by atoms with E-state index >= 15 is 0 Å². The molecule has 2 N–H and O–H groups in total. The van der Waals surface area contributed by atoms with Crippen LogP contribution < -0.4 is 20.1 Å². The van der Waals surface area contributed by atoms with Crippen molar-refractivity contribution < 1.29 is 18.3 Å². The van der Waals surface area contributed by atoms with E-state index in [1.807, 2.05) is 0 Å². The topological polar surface area (TPSA) is 42.5 Å². The standard InChI is InChI=1S/C15H12F2N2O2S/c16-11-3-1-9(7-12(11)17)18-15(22)19-10-2-4-13-14(8-10)21-6-5-20-13/h1-4,7-8H,5-6H2,(H2,18,19,22). The molecule has 4 nitrogen and oxygen atoms in total. The number of rotatable bonds is 2. The van der Waals surface area contributed by atoms with E-state index in [4.69, 9.17) is 21.7 Å². The van der Waals surface area contributed by atoms with Gasteiger partial charge in [0.15, 0.2) is 28.2 Å². The first-order valence-electron chi connectivity index (χ1n) is 6.54. The first-order valence-corrected chi connectivity index (χ1v) is 6.95. The Morgan fingerprint density at radius 1 is 0.864 bits per heavy atom. The molecule has 1 aliphatic rings. The number of anilines is 2. The van der Waals surface area contributed by atoms with Crippen LogP contribution in [-0.2, 0) is 0 Å². The highest BCUT2D eigenvalue weighted by molar-refractivity contribution is 7.80. The molecular weight excluding hydrogens is 310 g/mol. The number of ether oxygens (including phenoxy) is 2. The molecule has 1 aliphatic heterocycles. The molecule has 2 aromatic rings. The van der Waals surface area contributed by atoms with E-state index in [0.29, 0.717) is 36.1 Å². The van der Waals surface area contributed by atoms with Gasteiger partial charge in [0.2, 0.25) is 0 Å². The van der Waals surface area contributed by atoms with Crippen molar-refractivity contribution in [3.63, 3.8) is 0 Å². The highest BCUT2D eigenvalue weighted by atomic mass is 32.1. The Labute approximate surface area is 131 Å². The third-order valence-corrected chi connectivity index (χ3v) is 3.18. The summed E-state index contributed by atoms with van der Waals surface area (Å²) in [6.07, 6.45) is 0. The summed E-state index contributed by atoms with van der Waals surface area (Å²) in [5, 5.41) is 5.98. The first-order chi connectivity index (χ1) is 10.6. The molecule has 0 radical (unpaired) electrons. The van der Waals surface area contributed by atoms with Crippen molar-refractivity contribution in [2.45, 2.75) is 0 Å². The number of thiocarbonyl (C=S) groups is 1. The van der Waals surface area contributed by atoms with Gasteiger partial charge in [-0.2, -0.15) is 0 Å². The monoisotopic (exact) mass is 322 g/mol. The summed E-state index contributed by atoms with van der Waals surface area (Å²) < 4.78 is 36.9. The van der Waals surface area contributed by atoms with E-state index in [2.05, 4.69) is 10.6 Å². The second kappa shape index (κ2) is 6.15. The predicted octanol–water partition coefficient (Wildman–Crippen LogP) is 3.54. The molecule has 0 aromatic heterocycles. The lowest BCUT2D eigenvalue weighted by Gasteiger charge is -2.19. The molecule has 2 aromatic carbocycles. The van der Waals surface area contributed by atoms with Gasteiger partial charge < -0.3 is 20.1 Å². The third-order valence-electron chi connectivity index (χ3n) is 2.98. The minimum atomic E-state index is -0.938. The van der Waals surface area contributed by atoms with Gasteiger partial charge in [0.1, 0.15) is 13.2 Å². The van der Waals surface area contributed by atoms with Gasteiger partial charge in [0.25, 0.3) is 0 Å². The molecule has 0 unspecified atom stereocenters.